The summed E-state index contributed by atoms with van der Waals surface area (Å²) in [5.41, 5.74) is 8.41. The number of hydrogen-bond acceptors (Lipinski definition) is 2. The Hall–Kier alpha value is -0.570. The minimum atomic E-state index is -0.201. The van der Waals surface area contributed by atoms with E-state index in [-0.39, 0.29) is 18.0 Å². The SMILES string of the molecule is [2H]C1N(C)Cc2ccc(Cl)cc2C12CC(N)C2. The molecule has 1 fully saturated rings. The van der Waals surface area contributed by atoms with Crippen LogP contribution in [-0.2, 0) is 12.0 Å². The van der Waals surface area contributed by atoms with Gasteiger partial charge in [-0.05, 0) is 43.1 Å². The van der Waals surface area contributed by atoms with Gasteiger partial charge in [0.25, 0.3) is 0 Å². The van der Waals surface area contributed by atoms with Crippen LogP contribution in [0.1, 0.15) is 25.3 Å². The fraction of sp³-hybridized carbons (Fsp3) is 0.538. The van der Waals surface area contributed by atoms with Gasteiger partial charge in [0.15, 0.2) is 0 Å². The van der Waals surface area contributed by atoms with E-state index < -0.39 is 0 Å². The summed E-state index contributed by atoms with van der Waals surface area (Å²) in [7, 11) is 2.01. The second-order valence-electron chi connectivity index (χ2n) is 5.17. The van der Waals surface area contributed by atoms with Gasteiger partial charge in [-0.15, -0.1) is 0 Å². The number of nitrogens with two attached hydrogens (primary N) is 1. The molecular weight excluding hydrogens is 220 g/mol. The largest absolute Gasteiger partial charge is 0.328 e. The lowest BCUT2D eigenvalue weighted by molar-refractivity contribution is 0.115. The molecule has 16 heavy (non-hydrogen) atoms. The Bertz CT molecular complexity index is 457. The quantitative estimate of drug-likeness (QED) is 0.749. The molecule has 86 valence electrons. The molecule has 1 spiro atoms. The number of likely N-dealkylation sites (N-methyl/N-ethyl adjacent to an activating group) is 1. The Morgan fingerprint density at radius 1 is 1.56 bits per heavy atom. The molecule has 2 N–H and O–H groups in total. The van der Waals surface area contributed by atoms with Crippen molar-refractivity contribution in [3.8, 4) is 0 Å². The highest BCUT2D eigenvalue weighted by Crippen LogP contribution is 2.47. The van der Waals surface area contributed by atoms with E-state index >= 15 is 0 Å². The Balaban J connectivity index is 2.12. The normalized spacial score (nSPS) is 39.1. The standard InChI is InChI=1S/C13H17ClN2/c1-16-7-9-2-3-10(14)4-12(9)13(8-16)5-11(15)6-13/h2-4,11H,5-8,15H2,1H3/i8D. The van der Waals surface area contributed by atoms with Crippen molar-refractivity contribution in [1.82, 2.24) is 4.90 Å². The number of nitrogens with zero attached hydrogens (tertiary/aromatic N) is 1. The fourth-order valence-electron chi connectivity index (χ4n) is 3.16. The molecule has 1 unspecified atom stereocenters. The number of hydrogen-bond donors (Lipinski definition) is 1. The van der Waals surface area contributed by atoms with Gasteiger partial charge in [-0.1, -0.05) is 17.7 Å². The lowest BCUT2D eigenvalue weighted by Crippen LogP contribution is -2.56. The van der Waals surface area contributed by atoms with Crippen LogP contribution in [0.4, 0.5) is 0 Å². The van der Waals surface area contributed by atoms with Gasteiger partial charge < -0.3 is 10.6 Å². The van der Waals surface area contributed by atoms with Crippen LogP contribution in [0.25, 0.3) is 0 Å². The summed E-state index contributed by atoms with van der Waals surface area (Å²) >= 11 is 6.10. The van der Waals surface area contributed by atoms with Gasteiger partial charge in [-0.25, -0.2) is 0 Å². The Morgan fingerprint density at radius 3 is 3.00 bits per heavy atom. The molecule has 0 saturated heterocycles. The van der Waals surface area contributed by atoms with Crippen LogP contribution in [-0.4, -0.2) is 24.5 Å². The van der Waals surface area contributed by atoms with Crippen LogP contribution < -0.4 is 5.73 Å². The summed E-state index contributed by atoms with van der Waals surface area (Å²) in [6, 6.07) is 6.30. The van der Waals surface area contributed by atoms with Crippen molar-refractivity contribution in [2.75, 3.05) is 13.6 Å². The maximum atomic E-state index is 8.40. The highest BCUT2D eigenvalue weighted by atomic mass is 35.5. The van der Waals surface area contributed by atoms with Gasteiger partial charge in [0.2, 0.25) is 0 Å². The van der Waals surface area contributed by atoms with Crippen molar-refractivity contribution in [3.63, 3.8) is 0 Å². The van der Waals surface area contributed by atoms with Gasteiger partial charge in [-0.2, -0.15) is 0 Å². The van der Waals surface area contributed by atoms with Gasteiger partial charge in [0.05, 0.1) is 0 Å². The molecule has 0 aromatic heterocycles. The van der Waals surface area contributed by atoms with Crippen molar-refractivity contribution in [2.24, 2.45) is 5.73 Å². The van der Waals surface area contributed by atoms with Gasteiger partial charge >= 0.3 is 0 Å². The van der Waals surface area contributed by atoms with Crippen LogP contribution in [0.5, 0.6) is 0 Å². The predicted octanol–water partition coefficient (Wildman–Crippen LogP) is 2.14. The molecular formula is C13H17ClN2. The van der Waals surface area contributed by atoms with E-state index in [1.807, 2.05) is 19.2 Å². The summed E-state index contributed by atoms with van der Waals surface area (Å²) in [6.07, 6.45) is 1.80. The summed E-state index contributed by atoms with van der Waals surface area (Å²) in [6.45, 7) is 0.630. The number of fused-ring (bicyclic) bond motifs is 2. The number of halogens is 1. The highest BCUT2D eigenvalue weighted by Gasteiger charge is 2.47. The van der Waals surface area contributed by atoms with E-state index in [2.05, 4.69) is 11.0 Å². The Morgan fingerprint density at radius 2 is 2.31 bits per heavy atom. The van der Waals surface area contributed by atoms with Crippen molar-refractivity contribution in [1.29, 1.82) is 0 Å². The lowest BCUT2D eigenvalue weighted by Gasteiger charge is -2.52. The fourth-order valence-corrected chi connectivity index (χ4v) is 3.33. The highest BCUT2D eigenvalue weighted by molar-refractivity contribution is 6.30. The summed E-state index contributed by atoms with van der Waals surface area (Å²) in [4.78, 5) is 2.10. The Kier molecular flexibility index (Phi) is 2.05. The number of rotatable bonds is 0. The molecule has 3 heteroatoms. The minimum absolute atomic E-state index is 0.0906. The van der Waals surface area contributed by atoms with E-state index in [1.165, 1.54) is 11.1 Å². The summed E-state index contributed by atoms with van der Waals surface area (Å²) in [5.74, 6) is 0. The van der Waals surface area contributed by atoms with E-state index in [0.29, 0.717) is 0 Å². The predicted molar refractivity (Wildman–Crippen MR) is 66.7 cm³/mol. The molecule has 0 bridgehead atoms. The van der Waals surface area contributed by atoms with Crippen LogP contribution in [0.15, 0.2) is 18.2 Å². The molecule has 1 heterocycles. The second kappa shape index (κ2) is 3.46. The van der Waals surface area contributed by atoms with Crippen LogP contribution >= 0.6 is 11.6 Å². The van der Waals surface area contributed by atoms with Crippen LogP contribution in [0, 0.1) is 0 Å². The van der Waals surface area contributed by atoms with Gasteiger partial charge in [-0.3, -0.25) is 0 Å². The molecule has 2 nitrogen and oxygen atoms in total. The number of benzene rings is 1. The molecule has 1 aliphatic carbocycles. The molecule has 2 aliphatic rings. The molecule has 0 amide bonds. The van der Waals surface area contributed by atoms with Crippen molar-refractivity contribution in [3.05, 3.63) is 34.3 Å². The minimum Gasteiger partial charge on any atom is -0.328 e. The molecule has 1 aliphatic heterocycles. The van der Waals surface area contributed by atoms with Crippen molar-refractivity contribution >= 4 is 11.6 Å². The average molecular weight is 238 g/mol. The van der Waals surface area contributed by atoms with Crippen molar-refractivity contribution < 1.29 is 1.37 Å². The van der Waals surface area contributed by atoms with Crippen LogP contribution in [0.2, 0.25) is 5.02 Å². The van der Waals surface area contributed by atoms with Gasteiger partial charge in [0.1, 0.15) is 0 Å². The first-order valence-corrected chi connectivity index (χ1v) is 6.08. The molecule has 3 rings (SSSR count). The smallest absolute Gasteiger partial charge is 0.0440 e. The average Bonchev–Trinajstić information content (AvgIpc) is 2.24. The third-order valence-corrected chi connectivity index (χ3v) is 3.98. The molecule has 1 aromatic rings. The maximum absolute atomic E-state index is 8.40. The van der Waals surface area contributed by atoms with E-state index in [1.54, 1.807) is 0 Å². The van der Waals surface area contributed by atoms with Crippen molar-refractivity contribution in [2.45, 2.75) is 30.8 Å². The maximum Gasteiger partial charge on any atom is 0.0440 e. The first kappa shape index (κ1) is 9.46. The first-order valence-electron chi connectivity index (χ1n) is 6.28. The van der Waals surface area contributed by atoms with Crippen LogP contribution in [0.3, 0.4) is 0 Å². The monoisotopic (exact) mass is 237 g/mol. The molecule has 0 radical (unpaired) electrons. The third-order valence-electron chi connectivity index (χ3n) is 3.75. The Labute approximate surface area is 103 Å². The zero-order valence-electron chi connectivity index (χ0n) is 10.4. The second-order valence-corrected chi connectivity index (χ2v) is 5.61. The lowest BCUT2D eigenvalue weighted by atomic mass is 9.59. The third kappa shape index (κ3) is 1.48. The molecule has 1 saturated carbocycles. The van der Waals surface area contributed by atoms with E-state index in [4.69, 9.17) is 18.7 Å². The summed E-state index contributed by atoms with van der Waals surface area (Å²) in [5, 5.41) is 0.764. The van der Waals surface area contributed by atoms with E-state index in [9.17, 15) is 0 Å². The molecule has 1 aromatic carbocycles. The first-order chi connectivity index (χ1) is 8.03. The zero-order valence-corrected chi connectivity index (χ0v) is 10.2. The topological polar surface area (TPSA) is 29.3 Å². The summed E-state index contributed by atoms with van der Waals surface area (Å²) < 4.78 is 8.40. The van der Waals surface area contributed by atoms with Gasteiger partial charge in [0, 0.05) is 30.9 Å². The zero-order chi connectivity index (χ0) is 12.2. The van der Waals surface area contributed by atoms with E-state index in [0.717, 1.165) is 24.4 Å². The molecule has 1 atom stereocenters.